The lowest BCUT2D eigenvalue weighted by Gasteiger charge is -2.29. The molecule has 0 radical (unpaired) electrons. The molecule has 0 fully saturated rings. The van der Waals surface area contributed by atoms with E-state index in [1.807, 2.05) is 18.3 Å². The fourth-order valence-corrected chi connectivity index (χ4v) is 3.56. The van der Waals surface area contributed by atoms with Crippen LogP contribution in [0.1, 0.15) is 23.6 Å². The number of rotatable bonds is 6. The molecule has 1 aromatic heterocycles. The van der Waals surface area contributed by atoms with Crippen molar-refractivity contribution in [3.05, 3.63) is 102 Å². The Labute approximate surface area is 160 Å². The van der Waals surface area contributed by atoms with Gasteiger partial charge in [-0.1, -0.05) is 72.8 Å². The molecular weight excluding hydrogens is 332 g/mol. The van der Waals surface area contributed by atoms with E-state index in [1.54, 1.807) is 7.11 Å². The second-order valence-electron chi connectivity index (χ2n) is 7.16. The van der Waals surface area contributed by atoms with Gasteiger partial charge in [-0.2, -0.15) is 5.10 Å². The third-order valence-corrected chi connectivity index (χ3v) is 5.27. The number of fused-ring (bicyclic) bond motifs is 1. The van der Waals surface area contributed by atoms with Crippen molar-refractivity contribution in [2.24, 2.45) is 0 Å². The van der Waals surface area contributed by atoms with Gasteiger partial charge < -0.3 is 4.74 Å². The fraction of sp³-hybridized carbons (Fsp3) is 0.208. The molecule has 1 atom stereocenters. The molecule has 0 aliphatic rings. The van der Waals surface area contributed by atoms with Gasteiger partial charge >= 0.3 is 0 Å². The van der Waals surface area contributed by atoms with Crippen LogP contribution in [0, 0.1) is 0 Å². The first-order valence-corrected chi connectivity index (χ1v) is 9.27. The van der Waals surface area contributed by atoms with Gasteiger partial charge in [0.1, 0.15) is 0 Å². The summed E-state index contributed by atoms with van der Waals surface area (Å²) < 4.78 is 8.04. The SMILES string of the molecule is COC(C)(Cc1ccccc1)c1ccc2cnn(Cc3ccccc3)c2c1. The van der Waals surface area contributed by atoms with Crippen LogP contribution in [-0.2, 0) is 23.3 Å². The van der Waals surface area contributed by atoms with Crippen molar-refractivity contribution in [1.82, 2.24) is 9.78 Å². The molecule has 4 rings (SSSR count). The van der Waals surface area contributed by atoms with Crippen LogP contribution in [-0.4, -0.2) is 16.9 Å². The summed E-state index contributed by atoms with van der Waals surface area (Å²) in [6.45, 7) is 2.91. The minimum Gasteiger partial charge on any atom is -0.373 e. The summed E-state index contributed by atoms with van der Waals surface area (Å²) >= 11 is 0. The number of benzene rings is 3. The molecule has 0 saturated heterocycles. The molecule has 3 heteroatoms. The smallest absolute Gasteiger partial charge is 0.0940 e. The van der Waals surface area contributed by atoms with Gasteiger partial charge in [0.05, 0.1) is 23.9 Å². The highest BCUT2D eigenvalue weighted by atomic mass is 16.5. The maximum absolute atomic E-state index is 5.98. The first-order valence-electron chi connectivity index (χ1n) is 9.27. The van der Waals surface area contributed by atoms with Crippen LogP contribution >= 0.6 is 0 Å². The van der Waals surface area contributed by atoms with E-state index < -0.39 is 5.60 Å². The van der Waals surface area contributed by atoms with Crippen LogP contribution in [0.3, 0.4) is 0 Å². The predicted molar refractivity (Wildman–Crippen MR) is 110 cm³/mol. The largest absolute Gasteiger partial charge is 0.373 e. The Morgan fingerprint density at radius 1 is 0.889 bits per heavy atom. The molecule has 27 heavy (non-hydrogen) atoms. The zero-order chi connectivity index (χ0) is 18.7. The molecule has 3 aromatic carbocycles. The van der Waals surface area contributed by atoms with E-state index in [0.29, 0.717) is 0 Å². The fourth-order valence-electron chi connectivity index (χ4n) is 3.56. The summed E-state index contributed by atoms with van der Waals surface area (Å²) in [6, 6.07) is 27.4. The third-order valence-electron chi connectivity index (χ3n) is 5.27. The number of aromatic nitrogens is 2. The highest BCUT2D eigenvalue weighted by Crippen LogP contribution is 2.31. The number of ether oxygens (including phenoxy) is 1. The van der Waals surface area contributed by atoms with Gasteiger partial charge in [-0.25, -0.2) is 0 Å². The average molecular weight is 356 g/mol. The molecule has 0 N–H and O–H groups in total. The molecule has 0 saturated carbocycles. The molecule has 136 valence electrons. The summed E-state index contributed by atoms with van der Waals surface area (Å²) in [5, 5.41) is 5.75. The van der Waals surface area contributed by atoms with E-state index in [1.165, 1.54) is 11.1 Å². The van der Waals surface area contributed by atoms with Gasteiger partial charge in [-0.15, -0.1) is 0 Å². The maximum atomic E-state index is 5.98. The Hall–Kier alpha value is -2.91. The monoisotopic (exact) mass is 356 g/mol. The van der Waals surface area contributed by atoms with Crippen molar-refractivity contribution in [3.8, 4) is 0 Å². The normalized spacial score (nSPS) is 13.6. The van der Waals surface area contributed by atoms with Gasteiger partial charge in [-0.3, -0.25) is 4.68 Å². The maximum Gasteiger partial charge on any atom is 0.0940 e. The standard InChI is InChI=1S/C24H24N2O/c1-24(27-2,16-19-9-5-3-6-10-19)22-14-13-21-17-25-26(23(21)15-22)18-20-11-7-4-8-12-20/h3-15,17H,16,18H2,1-2H3. The van der Waals surface area contributed by atoms with Gasteiger partial charge in [-0.05, 0) is 29.7 Å². The van der Waals surface area contributed by atoms with Crippen molar-refractivity contribution in [1.29, 1.82) is 0 Å². The zero-order valence-electron chi connectivity index (χ0n) is 15.8. The van der Waals surface area contributed by atoms with Gasteiger partial charge in [0.25, 0.3) is 0 Å². The molecular formula is C24H24N2O. The second-order valence-corrected chi connectivity index (χ2v) is 7.16. The van der Waals surface area contributed by atoms with Gasteiger partial charge in [0, 0.05) is 18.9 Å². The van der Waals surface area contributed by atoms with Crippen molar-refractivity contribution >= 4 is 10.9 Å². The summed E-state index contributed by atoms with van der Waals surface area (Å²) in [7, 11) is 1.79. The van der Waals surface area contributed by atoms with Crippen LogP contribution < -0.4 is 0 Å². The summed E-state index contributed by atoms with van der Waals surface area (Å²) in [6.07, 6.45) is 2.76. The average Bonchev–Trinajstić information content (AvgIpc) is 3.11. The molecule has 0 aliphatic carbocycles. The molecule has 0 amide bonds. The number of hydrogen-bond donors (Lipinski definition) is 0. The molecule has 4 aromatic rings. The van der Waals surface area contributed by atoms with Crippen molar-refractivity contribution in [3.63, 3.8) is 0 Å². The minimum atomic E-state index is -0.391. The zero-order valence-corrected chi connectivity index (χ0v) is 15.8. The van der Waals surface area contributed by atoms with E-state index in [0.717, 1.165) is 29.4 Å². The van der Waals surface area contributed by atoms with Crippen LogP contribution in [0.5, 0.6) is 0 Å². The summed E-state index contributed by atoms with van der Waals surface area (Å²) in [4.78, 5) is 0. The van der Waals surface area contributed by atoms with E-state index >= 15 is 0 Å². The highest BCUT2D eigenvalue weighted by molar-refractivity contribution is 5.79. The quantitative estimate of drug-likeness (QED) is 0.475. The second kappa shape index (κ2) is 7.37. The number of hydrogen-bond acceptors (Lipinski definition) is 2. The van der Waals surface area contributed by atoms with Crippen molar-refractivity contribution in [2.45, 2.75) is 25.5 Å². The first-order chi connectivity index (χ1) is 13.2. The van der Waals surface area contributed by atoms with Crippen LogP contribution in [0.15, 0.2) is 85.1 Å². The number of nitrogens with zero attached hydrogens (tertiary/aromatic N) is 2. The van der Waals surface area contributed by atoms with Crippen LogP contribution in [0.25, 0.3) is 10.9 Å². The molecule has 0 bridgehead atoms. The van der Waals surface area contributed by atoms with E-state index in [-0.39, 0.29) is 0 Å². The third kappa shape index (κ3) is 3.64. The Kier molecular flexibility index (Phi) is 4.78. The first kappa shape index (κ1) is 17.5. The molecule has 3 nitrogen and oxygen atoms in total. The summed E-state index contributed by atoms with van der Waals surface area (Å²) in [5.41, 5.74) is 4.41. The van der Waals surface area contributed by atoms with Gasteiger partial charge in [0.15, 0.2) is 0 Å². The van der Waals surface area contributed by atoms with E-state index in [9.17, 15) is 0 Å². The number of methoxy groups -OCH3 is 1. The van der Waals surface area contributed by atoms with E-state index in [2.05, 4.69) is 83.4 Å². The molecule has 0 aliphatic heterocycles. The Morgan fingerprint density at radius 3 is 2.22 bits per heavy atom. The van der Waals surface area contributed by atoms with Crippen molar-refractivity contribution < 1.29 is 4.74 Å². The summed E-state index contributed by atoms with van der Waals surface area (Å²) in [5.74, 6) is 0. The molecule has 1 unspecified atom stereocenters. The lowest BCUT2D eigenvalue weighted by molar-refractivity contribution is 0.00230. The van der Waals surface area contributed by atoms with Crippen LogP contribution in [0.2, 0.25) is 0 Å². The highest BCUT2D eigenvalue weighted by Gasteiger charge is 2.27. The minimum absolute atomic E-state index is 0.391. The van der Waals surface area contributed by atoms with Crippen molar-refractivity contribution in [2.75, 3.05) is 7.11 Å². The molecule has 1 heterocycles. The van der Waals surface area contributed by atoms with Crippen LogP contribution in [0.4, 0.5) is 0 Å². The van der Waals surface area contributed by atoms with Gasteiger partial charge in [0.2, 0.25) is 0 Å². The lowest BCUT2D eigenvalue weighted by Crippen LogP contribution is -2.27. The van der Waals surface area contributed by atoms with E-state index in [4.69, 9.17) is 4.74 Å². The lowest BCUT2D eigenvalue weighted by atomic mass is 9.88. The Morgan fingerprint density at radius 2 is 1.56 bits per heavy atom. The predicted octanol–water partition coefficient (Wildman–Crippen LogP) is 5.19. The molecule has 0 spiro atoms. The topological polar surface area (TPSA) is 27.1 Å². The Balaban J connectivity index is 1.70. The Bertz CT molecular complexity index is 1020.